The highest BCUT2D eigenvalue weighted by Crippen LogP contribution is 2.39. The molecule has 1 heterocycles. The van der Waals surface area contributed by atoms with E-state index in [9.17, 15) is 24.6 Å². The molecular weight excluding hydrogens is 569 g/mol. The summed E-state index contributed by atoms with van der Waals surface area (Å²) in [4.78, 5) is 21.4. The van der Waals surface area contributed by atoms with Gasteiger partial charge in [-0.05, 0) is 82.5 Å². The topological polar surface area (TPSA) is 126 Å². The summed E-state index contributed by atoms with van der Waals surface area (Å²) in [6.07, 6.45) is 0. The minimum absolute atomic E-state index is 0.00549. The van der Waals surface area contributed by atoms with E-state index in [1.807, 2.05) is 0 Å². The zero-order valence-electron chi connectivity index (χ0n) is 19.3. The molecule has 0 radical (unpaired) electrons. The summed E-state index contributed by atoms with van der Waals surface area (Å²) in [6.45, 7) is 1.56. The average molecular weight is 588 g/mol. The molecule has 0 fully saturated rings. The first kappa shape index (κ1) is 26.2. The van der Waals surface area contributed by atoms with Crippen LogP contribution in [0.5, 0.6) is 5.75 Å². The summed E-state index contributed by atoms with van der Waals surface area (Å²) in [7, 11) is 0. The number of aromatic nitrogens is 3. The van der Waals surface area contributed by atoms with E-state index in [1.165, 1.54) is 36.0 Å². The SMILES string of the molecule is Cc1nnc(S[C@@H](C[N+](=O)[O-])c2ccc(OCc3ccc([N+](=O)[O-])cc3)c(Br)c2)n1-c1ccc(F)cc1. The van der Waals surface area contributed by atoms with Crippen molar-refractivity contribution in [1.29, 1.82) is 0 Å². The quantitative estimate of drug-likeness (QED) is 0.124. The number of hydrogen-bond donors (Lipinski definition) is 0. The second kappa shape index (κ2) is 11.5. The molecule has 0 N–H and O–H groups in total. The van der Waals surface area contributed by atoms with Gasteiger partial charge in [-0.1, -0.05) is 17.8 Å². The van der Waals surface area contributed by atoms with Crippen molar-refractivity contribution in [3.8, 4) is 11.4 Å². The maximum atomic E-state index is 13.4. The van der Waals surface area contributed by atoms with E-state index in [0.717, 1.165) is 5.56 Å². The Hall–Kier alpha value is -3.84. The molecular formula is C24H19BrFN5O5S. The van der Waals surface area contributed by atoms with E-state index in [-0.39, 0.29) is 24.7 Å². The Morgan fingerprint density at radius 2 is 1.76 bits per heavy atom. The first-order valence-corrected chi connectivity index (χ1v) is 12.5. The Kier molecular flexibility index (Phi) is 8.14. The molecule has 0 aliphatic rings. The van der Waals surface area contributed by atoms with E-state index in [4.69, 9.17) is 4.74 Å². The highest BCUT2D eigenvalue weighted by atomic mass is 79.9. The van der Waals surface area contributed by atoms with Crippen LogP contribution in [0.15, 0.2) is 76.4 Å². The molecule has 0 aliphatic heterocycles. The molecule has 0 unspecified atom stereocenters. The van der Waals surface area contributed by atoms with Crippen molar-refractivity contribution in [1.82, 2.24) is 14.8 Å². The summed E-state index contributed by atoms with van der Waals surface area (Å²) in [5.74, 6) is 0.693. The lowest BCUT2D eigenvalue weighted by Crippen LogP contribution is -2.11. The molecule has 4 rings (SSSR count). The van der Waals surface area contributed by atoms with Crippen molar-refractivity contribution in [2.24, 2.45) is 0 Å². The monoisotopic (exact) mass is 587 g/mol. The van der Waals surface area contributed by atoms with Gasteiger partial charge in [0.1, 0.15) is 29.2 Å². The minimum atomic E-state index is -0.599. The molecule has 10 nitrogen and oxygen atoms in total. The number of nitro benzene ring substituents is 1. The van der Waals surface area contributed by atoms with Crippen molar-refractivity contribution >= 4 is 33.4 Å². The Bertz CT molecular complexity index is 1430. The van der Waals surface area contributed by atoms with Gasteiger partial charge in [-0.2, -0.15) is 0 Å². The van der Waals surface area contributed by atoms with Crippen LogP contribution in [0.25, 0.3) is 5.69 Å². The van der Waals surface area contributed by atoms with Gasteiger partial charge in [0.25, 0.3) is 5.69 Å². The standard InChI is InChI=1S/C24H19BrFN5O5S/c1-15-27-28-24(30(15)19-9-5-18(26)6-10-19)37-23(13-29(32)33)17-4-11-22(21(25)12-17)36-14-16-2-7-20(8-3-16)31(34)35/h2-12,23H,13-14H2,1H3/t23-/m0/s1. The number of benzene rings is 3. The predicted molar refractivity (Wildman–Crippen MR) is 138 cm³/mol. The Labute approximate surface area is 222 Å². The Morgan fingerprint density at radius 3 is 2.38 bits per heavy atom. The Morgan fingerprint density at radius 1 is 1.05 bits per heavy atom. The number of hydrogen-bond acceptors (Lipinski definition) is 8. The third kappa shape index (κ3) is 6.49. The molecule has 0 aliphatic carbocycles. The minimum Gasteiger partial charge on any atom is -0.488 e. The molecule has 0 spiro atoms. The van der Waals surface area contributed by atoms with Crippen LogP contribution in [0.4, 0.5) is 10.1 Å². The number of aryl methyl sites for hydroxylation is 1. The van der Waals surface area contributed by atoms with E-state index in [2.05, 4.69) is 26.1 Å². The molecule has 190 valence electrons. The first-order chi connectivity index (χ1) is 17.7. The number of rotatable bonds is 10. The molecule has 0 saturated carbocycles. The number of non-ortho nitro benzene ring substituents is 1. The summed E-state index contributed by atoms with van der Waals surface area (Å²) < 4.78 is 21.6. The van der Waals surface area contributed by atoms with Crippen molar-refractivity contribution in [3.63, 3.8) is 0 Å². The lowest BCUT2D eigenvalue weighted by Gasteiger charge is -2.16. The molecule has 0 saturated heterocycles. The number of halogens is 2. The largest absolute Gasteiger partial charge is 0.488 e. The maximum absolute atomic E-state index is 13.4. The lowest BCUT2D eigenvalue weighted by molar-refractivity contribution is -0.479. The van der Waals surface area contributed by atoms with Gasteiger partial charge in [0.2, 0.25) is 6.54 Å². The van der Waals surface area contributed by atoms with Crippen LogP contribution in [-0.2, 0) is 6.61 Å². The van der Waals surface area contributed by atoms with Crippen LogP contribution in [-0.4, -0.2) is 31.2 Å². The van der Waals surface area contributed by atoms with Gasteiger partial charge in [0, 0.05) is 22.7 Å². The third-order valence-electron chi connectivity index (χ3n) is 5.31. The lowest BCUT2D eigenvalue weighted by atomic mass is 10.1. The fourth-order valence-corrected chi connectivity index (χ4v) is 5.16. The van der Waals surface area contributed by atoms with Crippen molar-refractivity contribution in [3.05, 3.63) is 114 Å². The second-order valence-corrected chi connectivity index (χ2v) is 9.89. The van der Waals surface area contributed by atoms with Gasteiger partial charge in [-0.15, -0.1) is 10.2 Å². The number of nitrogens with zero attached hydrogens (tertiary/aromatic N) is 5. The highest BCUT2D eigenvalue weighted by Gasteiger charge is 2.24. The molecule has 4 aromatic rings. The normalized spacial score (nSPS) is 11.8. The molecule has 0 bridgehead atoms. The van der Waals surface area contributed by atoms with Gasteiger partial charge in [0.05, 0.1) is 9.40 Å². The smallest absolute Gasteiger partial charge is 0.269 e. The van der Waals surface area contributed by atoms with Crippen LogP contribution in [0.2, 0.25) is 0 Å². The molecule has 1 atom stereocenters. The van der Waals surface area contributed by atoms with Crippen molar-refractivity contribution in [2.45, 2.75) is 23.9 Å². The number of thioether (sulfide) groups is 1. The molecule has 1 aromatic heterocycles. The molecule has 3 aromatic carbocycles. The molecule has 13 heteroatoms. The van der Waals surface area contributed by atoms with Crippen LogP contribution >= 0.6 is 27.7 Å². The zero-order valence-corrected chi connectivity index (χ0v) is 21.7. The van der Waals surface area contributed by atoms with Crippen LogP contribution in [0.1, 0.15) is 22.2 Å². The van der Waals surface area contributed by atoms with Gasteiger partial charge in [-0.3, -0.25) is 24.8 Å². The summed E-state index contributed by atoms with van der Waals surface area (Å²) >= 11 is 4.65. The zero-order chi connectivity index (χ0) is 26.5. The van der Waals surface area contributed by atoms with E-state index in [1.54, 1.807) is 54.0 Å². The van der Waals surface area contributed by atoms with Crippen molar-refractivity contribution in [2.75, 3.05) is 6.54 Å². The molecule has 0 amide bonds. The van der Waals surface area contributed by atoms with Gasteiger partial charge in [0.15, 0.2) is 5.16 Å². The predicted octanol–water partition coefficient (Wildman–Crippen LogP) is 6.07. The van der Waals surface area contributed by atoms with Gasteiger partial charge < -0.3 is 4.74 Å². The molecule has 37 heavy (non-hydrogen) atoms. The van der Waals surface area contributed by atoms with E-state index >= 15 is 0 Å². The summed E-state index contributed by atoms with van der Waals surface area (Å²) in [6, 6.07) is 17.1. The average Bonchev–Trinajstić information content (AvgIpc) is 3.23. The van der Waals surface area contributed by atoms with Crippen LogP contribution < -0.4 is 4.74 Å². The Balaban J connectivity index is 1.54. The number of ether oxygens (including phenoxy) is 1. The third-order valence-corrected chi connectivity index (χ3v) is 7.11. The van der Waals surface area contributed by atoms with Gasteiger partial charge in [-0.25, -0.2) is 4.39 Å². The summed E-state index contributed by atoms with van der Waals surface area (Å²) in [5.41, 5.74) is 2.05. The fraction of sp³-hybridized carbons (Fsp3) is 0.167. The van der Waals surface area contributed by atoms with Gasteiger partial charge >= 0.3 is 0 Å². The van der Waals surface area contributed by atoms with E-state index < -0.39 is 15.1 Å². The number of nitro groups is 2. The fourth-order valence-electron chi connectivity index (χ4n) is 3.49. The first-order valence-electron chi connectivity index (χ1n) is 10.8. The second-order valence-electron chi connectivity index (χ2n) is 7.87. The van der Waals surface area contributed by atoms with Crippen LogP contribution in [0.3, 0.4) is 0 Å². The maximum Gasteiger partial charge on any atom is 0.269 e. The van der Waals surface area contributed by atoms with Crippen LogP contribution in [0, 0.1) is 33.0 Å². The van der Waals surface area contributed by atoms with E-state index in [0.29, 0.717) is 32.5 Å². The van der Waals surface area contributed by atoms with Crippen molar-refractivity contribution < 1.29 is 19.0 Å². The highest BCUT2D eigenvalue weighted by molar-refractivity contribution is 9.10. The summed E-state index contributed by atoms with van der Waals surface area (Å²) in [5, 5.41) is 30.4.